The summed E-state index contributed by atoms with van der Waals surface area (Å²) >= 11 is 0. The lowest BCUT2D eigenvalue weighted by Crippen LogP contribution is -2.11. The largest absolute Gasteiger partial charge is 0.310 e. The van der Waals surface area contributed by atoms with Crippen LogP contribution in [0.1, 0.15) is 0 Å². The van der Waals surface area contributed by atoms with Crippen molar-refractivity contribution in [1.29, 1.82) is 0 Å². The predicted octanol–water partition coefficient (Wildman–Crippen LogP) is 18.8. The molecule has 2 heterocycles. The van der Waals surface area contributed by atoms with E-state index in [-0.39, 0.29) is 0 Å². The standard InChI is InChI=1S/C68H46N4/c1-3-19-49(20-4-1)69(61-35-15-29-59-57(61)27-17-37-67(59)71-63-31-11-7-23-53(63)54-24-8-12-32-64(54)71)51-43-39-47(40-44-51)48-41-45-52(46-42-48)70(50-21-5-2-6-22-50)62-36-16-30-60-58(62)28-18-38-68(60)72-65-33-13-9-25-55(65)56-26-10-14-34-66(56)72/h1-46H. The van der Waals surface area contributed by atoms with Crippen molar-refractivity contribution in [3.8, 4) is 22.5 Å². The van der Waals surface area contributed by atoms with Crippen LogP contribution in [0.3, 0.4) is 0 Å². The zero-order valence-corrected chi connectivity index (χ0v) is 39.3. The van der Waals surface area contributed by atoms with Crippen molar-refractivity contribution in [2.45, 2.75) is 0 Å². The van der Waals surface area contributed by atoms with E-state index in [1.807, 2.05) is 0 Å². The van der Waals surface area contributed by atoms with E-state index in [1.165, 1.54) is 65.2 Å². The molecule has 0 fully saturated rings. The molecule has 0 radical (unpaired) electrons. The number of hydrogen-bond acceptors (Lipinski definition) is 2. The van der Waals surface area contributed by atoms with Crippen LogP contribution in [0.15, 0.2) is 279 Å². The molecule has 4 heteroatoms. The van der Waals surface area contributed by atoms with Crippen molar-refractivity contribution >= 4 is 99.3 Å². The minimum Gasteiger partial charge on any atom is -0.310 e. The van der Waals surface area contributed by atoms with Gasteiger partial charge in [-0.2, -0.15) is 0 Å². The summed E-state index contributed by atoms with van der Waals surface area (Å²) in [7, 11) is 0. The Morgan fingerprint density at radius 2 is 0.472 bits per heavy atom. The molecule has 0 aliphatic carbocycles. The number of hydrogen-bond donors (Lipinski definition) is 0. The molecule has 0 spiro atoms. The summed E-state index contributed by atoms with van der Waals surface area (Å²) in [5, 5.41) is 9.76. The molecule has 14 rings (SSSR count). The molecular weight excluding hydrogens is 873 g/mol. The molecule has 2 aromatic heterocycles. The van der Waals surface area contributed by atoms with Crippen molar-refractivity contribution in [2.75, 3.05) is 9.80 Å². The molecule has 4 nitrogen and oxygen atoms in total. The number of rotatable bonds is 9. The highest BCUT2D eigenvalue weighted by molar-refractivity contribution is 6.13. The fraction of sp³-hybridized carbons (Fsp3) is 0. The summed E-state index contributed by atoms with van der Waals surface area (Å²) in [4.78, 5) is 4.78. The first-order valence-electron chi connectivity index (χ1n) is 24.7. The van der Waals surface area contributed by atoms with E-state index in [2.05, 4.69) is 298 Å². The molecule has 0 saturated carbocycles. The van der Waals surface area contributed by atoms with Gasteiger partial charge < -0.3 is 18.9 Å². The average molecular weight is 919 g/mol. The highest BCUT2D eigenvalue weighted by Crippen LogP contribution is 2.45. The third-order valence-electron chi connectivity index (χ3n) is 14.5. The van der Waals surface area contributed by atoms with Gasteiger partial charge in [-0.05, 0) is 108 Å². The Morgan fingerprint density at radius 1 is 0.194 bits per heavy atom. The fourth-order valence-electron chi connectivity index (χ4n) is 11.3. The molecule has 0 aliphatic rings. The topological polar surface area (TPSA) is 16.3 Å². The molecule has 0 bridgehead atoms. The molecule has 0 N–H and O–H groups in total. The van der Waals surface area contributed by atoms with Crippen LogP contribution in [-0.4, -0.2) is 9.13 Å². The molecule has 12 aromatic carbocycles. The second-order valence-electron chi connectivity index (χ2n) is 18.5. The van der Waals surface area contributed by atoms with Crippen LogP contribution < -0.4 is 9.80 Å². The Bertz CT molecular complexity index is 3930. The second-order valence-corrected chi connectivity index (χ2v) is 18.5. The first-order chi connectivity index (χ1) is 35.8. The smallest absolute Gasteiger partial charge is 0.0541 e. The van der Waals surface area contributed by atoms with Crippen LogP contribution in [0.2, 0.25) is 0 Å². The van der Waals surface area contributed by atoms with Crippen molar-refractivity contribution in [3.63, 3.8) is 0 Å². The van der Waals surface area contributed by atoms with Crippen molar-refractivity contribution in [1.82, 2.24) is 9.13 Å². The maximum atomic E-state index is 2.43. The molecular formula is C68H46N4. The van der Waals surface area contributed by atoms with Crippen LogP contribution >= 0.6 is 0 Å². The Hall–Kier alpha value is -9.64. The van der Waals surface area contributed by atoms with Crippen LogP contribution in [0.25, 0.3) is 87.7 Å². The molecule has 0 atom stereocenters. The quantitative estimate of drug-likeness (QED) is 0.143. The Labute approximate surface area is 417 Å². The number of para-hydroxylation sites is 6. The van der Waals surface area contributed by atoms with Gasteiger partial charge in [0.25, 0.3) is 0 Å². The Kier molecular flexibility index (Phi) is 9.82. The number of fused-ring (bicyclic) bond motifs is 8. The minimum absolute atomic E-state index is 1.09. The number of benzene rings is 12. The van der Waals surface area contributed by atoms with Gasteiger partial charge in [-0.1, -0.05) is 182 Å². The molecule has 72 heavy (non-hydrogen) atoms. The third-order valence-corrected chi connectivity index (χ3v) is 14.5. The third kappa shape index (κ3) is 6.69. The van der Waals surface area contributed by atoms with Crippen LogP contribution in [0.5, 0.6) is 0 Å². The summed E-state index contributed by atoms with van der Waals surface area (Å²) in [6.07, 6.45) is 0. The van der Waals surface area contributed by atoms with Gasteiger partial charge in [0.1, 0.15) is 0 Å². The van der Waals surface area contributed by atoms with E-state index >= 15 is 0 Å². The van der Waals surface area contributed by atoms with E-state index < -0.39 is 0 Å². The lowest BCUT2D eigenvalue weighted by atomic mass is 10.0. The maximum Gasteiger partial charge on any atom is 0.0541 e. The molecule has 14 aromatic rings. The van der Waals surface area contributed by atoms with Crippen LogP contribution in [0.4, 0.5) is 34.1 Å². The SMILES string of the molecule is c1ccc(N(c2ccc(-c3ccc(N(c4ccccc4)c4cccc5c(-n6c7ccccc7c7ccccc76)cccc45)cc3)cc2)c2cccc3c(-n4c5ccccc5c5ccccc54)cccc23)cc1. The number of aromatic nitrogens is 2. The van der Waals surface area contributed by atoms with Gasteiger partial charge >= 0.3 is 0 Å². The van der Waals surface area contributed by atoms with E-state index in [4.69, 9.17) is 0 Å². The van der Waals surface area contributed by atoms with Crippen LogP contribution in [0, 0.1) is 0 Å². The highest BCUT2D eigenvalue weighted by Gasteiger charge is 2.21. The fourth-order valence-corrected chi connectivity index (χ4v) is 11.3. The van der Waals surface area contributed by atoms with E-state index in [0.717, 1.165) is 56.6 Å². The van der Waals surface area contributed by atoms with Gasteiger partial charge in [0.15, 0.2) is 0 Å². The summed E-state index contributed by atoms with van der Waals surface area (Å²) < 4.78 is 4.85. The molecule has 338 valence electrons. The lowest BCUT2D eigenvalue weighted by molar-refractivity contribution is 1.20. The monoisotopic (exact) mass is 918 g/mol. The normalized spacial score (nSPS) is 11.6. The van der Waals surface area contributed by atoms with E-state index in [1.54, 1.807) is 0 Å². The van der Waals surface area contributed by atoms with E-state index in [9.17, 15) is 0 Å². The summed E-state index contributed by atoms with van der Waals surface area (Å²) in [5.41, 5.74) is 16.0. The first-order valence-corrected chi connectivity index (χ1v) is 24.7. The molecule has 0 unspecified atom stereocenters. The van der Waals surface area contributed by atoms with Gasteiger partial charge in [-0.15, -0.1) is 0 Å². The van der Waals surface area contributed by atoms with Gasteiger partial charge in [0.2, 0.25) is 0 Å². The van der Waals surface area contributed by atoms with Gasteiger partial charge in [0, 0.05) is 65.8 Å². The average Bonchev–Trinajstić information content (AvgIpc) is 3.97. The van der Waals surface area contributed by atoms with E-state index in [0.29, 0.717) is 0 Å². The predicted molar refractivity (Wildman–Crippen MR) is 305 cm³/mol. The molecule has 0 aliphatic heterocycles. The number of anilines is 6. The zero-order valence-electron chi connectivity index (χ0n) is 39.3. The summed E-state index contributed by atoms with van der Waals surface area (Å²) in [6, 6.07) is 101. The van der Waals surface area contributed by atoms with Gasteiger partial charge in [0.05, 0.1) is 44.8 Å². The minimum atomic E-state index is 1.09. The second kappa shape index (κ2) is 17.1. The van der Waals surface area contributed by atoms with Gasteiger partial charge in [-0.25, -0.2) is 0 Å². The molecule has 0 amide bonds. The summed E-state index contributed by atoms with van der Waals surface area (Å²) in [6.45, 7) is 0. The first kappa shape index (κ1) is 41.3. The van der Waals surface area contributed by atoms with Gasteiger partial charge in [-0.3, -0.25) is 0 Å². The van der Waals surface area contributed by atoms with Crippen molar-refractivity contribution in [2.24, 2.45) is 0 Å². The highest BCUT2D eigenvalue weighted by atomic mass is 15.2. The summed E-state index contributed by atoms with van der Waals surface area (Å²) in [5.74, 6) is 0. The Morgan fingerprint density at radius 3 is 0.833 bits per heavy atom. The lowest BCUT2D eigenvalue weighted by Gasteiger charge is -2.28. The number of nitrogens with zero attached hydrogens (tertiary/aromatic N) is 4. The van der Waals surface area contributed by atoms with Crippen molar-refractivity contribution in [3.05, 3.63) is 279 Å². The zero-order chi connectivity index (χ0) is 47.5. The molecule has 0 saturated heterocycles. The van der Waals surface area contributed by atoms with Crippen LogP contribution in [-0.2, 0) is 0 Å². The Balaban J connectivity index is 0.839. The maximum absolute atomic E-state index is 2.43. The van der Waals surface area contributed by atoms with Crippen molar-refractivity contribution < 1.29 is 0 Å².